The van der Waals surface area contributed by atoms with Crippen molar-refractivity contribution in [1.29, 1.82) is 0 Å². The third-order valence-corrected chi connectivity index (χ3v) is 4.90. The van der Waals surface area contributed by atoms with Crippen molar-refractivity contribution in [2.75, 3.05) is 0 Å². The van der Waals surface area contributed by atoms with Gasteiger partial charge in [-0.25, -0.2) is 0 Å². The van der Waals surface area contributed by atoms with Crippen molar-refractivity contribution in [3.63, 3.8) is 0 Å². The van der Waals surface area contributed by atoms with Gasteiger partial charge in [0.25, 0.3) is 0 Å². The van der Waals surface area contributed by atoms with Crippen LogP contribution in [0.1, 0.15) is 36.8 Å². The number of aliphatic hydroxyl groups is 1. The van der Waals surface area contributed by atoms with Crippen LogP contribution in [0, 0.1) is 18.8 Å². The Balaban J connectivity index is 1.98. The smallest absolute Gasteiger partial charge is 0.0962 e. The fourth-order valence-corrected chi connectivity index (χ4v) is 4.04. The van der Waals surface area contributed by atoms with Crippen molar-refractivity contribution in [2.45, 2.75) is 38.2 Å². The molecule has 0 heterocycles. The zero-order valence-corrected chi connectivity index (χ0v) is 11.1. The minimum absolute atomic E-state index is 0.499. The van der Waals surface area contributed by atoms with E-state index >= 15 is 0 Å². The number of aryl methyl sites for hydroxylation is 1. The summed E-state index contributed by atoms with van der Waals surface area (Å²) in [6.45, 7) is 2.10. The van der Waals surface area contributed by atoms with E-state index in [1.165, 1.54) is 31.2 Å². The summed E-state index contributed by atoms with van der Waals surface area (Å²) in [6, 6.07) is 6.25. The molecule has 86 valence electrons. The Morgan fingerprint density at radius 1 is 1.25 bits per heavy atom. The van der Waals surface area contributed by atoms with Gasteiger partial charge in [0.15, 0.2) is 0 Å². The van der Waals surface area contributed by atoms with E-state index in [-0.39, 0.29) is 0 Å². The summed E-state index contributed by atoms with van der Waals surface area (Å²) in [6.07, 6.45) is 4.99. The van der Waals surface area contributed by atoms with Crippen LogP contribution < -0.4 is 0 Å². The van der Waals surface area contributed by atoms with Gasteiger partial charge in [0.1, 0.15) is 0 Å². The topological polar surface area (TPSA) is 20.2 Å². The molecule has 1 aromatic rings. The normalized spacial score (nSPS) is 36.9. The fraction of sp³-hybridized carbons (Fsp3) is 0.571. The monoisotopic (exact) mass is 280 g/mol. The standard InChI is InChI=1S/C14H17BrO/c1-9-8-10(15)6-7-11(9)14(16)12-4-2-3-5-13(12)14/h6-8,12-13,16H,2-5H2,1H3. The first-order valence-electron chi connectivity index (χ1n) is 6.13. The summed E-state index contributed by atoms with van der Waals surface area (Å²) >= 11 is 3.48. The Morgan fingerprint density at radius 3 is 2.44 bits per heavy atom. The van der Waals surface area contributed by atoms with Crippen LogP contribution in [0.5, 0.6) is 0 Å². The summed E-state index contributed by atoms with van der Waals surface area (Å²) in [4.78, 5) is 0. The van der Waals surface area contributed by atoms with Gasteiger partial charge in [0.05, 0.1) is 5.60 Å². The van der Waals surface area contributed by atoms with E-state index in [0.29, 0.717) is 11.8 Å². The van der Waals surface area contributed by atoms with E-state index in [4.69, 9.17) is 0 Å². The van der Waals surface area contributed by atoms with Gasteiger partial charge < -0.3 is 5.11 Å². The fourth-order valence-electron chi connectivity index (χ4n) is 3.57. The van der Waals surface area contributed by atoms with Crippen LogP contribution in [0.2, 0.25) is 0 Å². The lowest BCUT2D eigenvalue weighted by Gasteiger charge is -2.14. The van der Waals surface area contributed by atoms with Gasteiger partial charge in [0.2, 0.25) is 0 Å². The minimum Gasteiger partial charge on any atom is -0.385 e. The molecule has 0 bridgehead atoms. The molecule has 2 saturated carbocycles. The van der Waals surface area contributed by atoms with Crippen LogP contribution in [0.25, 0.3) is 0 Å². The van der Waals surface area contributed by atoms with Crippen molar-refractivity contribution < 1.29 is 5.11 Å². The molecule has 1 N–H and O–H groups in total. The first-order valence-corrected chi connectivity index (χ1v) is 6.92. The molecule has 2 unspecified atom stereocenters. The Labute approximate surface area is 105 Å². The molecule has 0 saturated heterocycles. The van der Waals surface area contributed by atoms with Gasteiger partial charge in [-0.3, -0.25) is 0 Å². The van der Waals surface area contributed by atoms with Crippen molar-refractivity contribution >= 4 is 15.9 Å². The number of halogens is 1. The molecule has 1 aromatic carbocycles. The van der Waals surface area contributed by atoms with Crippen LogP contribution in [0.15, 0.2) is 22.7 Å². The minimum atomic E-state index is -0.499. The van der Waals surface area contributed by atoms with E-state index in [0.717, 1.165) is 10.0 Å². The zero-order chi connectivity index (χ0) is 11.3. The quantitative estimate of drug-likeness (QED) is 0.831. The molecule has 1 nitrogen and oxygen atoms in total. The average molecular weight is 281 g/mol. The van der Waals surface area contributed by atoms with Gasteiger partial charge in [-0.15, -0.1) is 0 Å². The second-order valence-electron chi connectivity index (χ2n) is 5.28. The zero-order valence-electron chi connectivity index (χ0n) is 9.54. The lowest BCUT2D eigenvalue weighted by atomic mass is 9.98. The highest BCUT2D eigenvalue weighted by molar-refractivity contribution is 9.10. The van der Waals surface area contributed by atoms with E-state index in [9.17, 15) is 5.11 Å². The summed E-state index contributed by atoms with van der Waals surface area (Å²) < 4.78 is 1.10. The van der Waals surface area contributed by atoms with Gasteiger partial charge in [0, 0.05) is 4.47 Å². The van der Waals surface area contributed by atoms with E-state index in [2.05, 4.69) is 35.0 Å². The van der Waals surface area contributed by atoms with E-state index < -0.39 is 5.60 Å². The van der Waals surface area contributed by atoms with Crippen molar-refractivity contribution in [3.8, 4) is 0 Å². The summed E-state index contributed by atoms with van der Waals surface area (Å²) in [5.41, 5.74) is 1.88. The largest absolute Gasteiger partial charge is 0.385 e. The molecule has 2 aliphatic carbocycles. The number of rotatable bonds is 1. The summed E-state index contributed by atoms with van der Waals surface area (Å²) in [7, 11) is 0. The van der Waals surface area contributed by atoms with Crippen molar-refractivity contribution in [3.05, 3.63) is 33.8 Å². The maximum Gasteiger partial charge on any atom is 0.0962 e. The van der Waals surface area contributed by atoms with Crippen molar-refractivity contribution in [1.82, 2.24) is 0 Å². The molecule has 0 spiro atoms. The van der Waals surface area contributed by atoms with Crippen molar-refractivity contribution in [2.24, 2.45) is 11.8 Å². The van der Waals surface area contributed by atoms with Gasteiger partial charge in [-0.2, -0.15) is 0 Å². The second kappa shape index (κ2) is 3.58. The average Bonchev–Trinajstić information content (AvgIpc) is 2.86. The Bertz CT molecular complexity index is 415. The highest BCUT2D eigenvalue weighted by atomic mass is 79.9. The molecule has 2 atom stereocenters. The molecule has 16 heavy (non-hydrogen) atoms. The predicted molar refractivity (Wildman–Crippen MR) is 68.2 cm³/mol. The predicted octanol–water partition coefficient (Wildman–Crippen LogP) is 3.77. The molecule has 0 radical (unpaired) electrons. The number of fused-ring (bicyclic) bond motifs is 1. The summed E-state index contributed by atoms with van der Waals surface area (Å²) in [5, 5.41) is 10.8. The molecule has 0 aliphatic heterocycles. The second-order valence-corrected chi connectivity index (χ2v) is 6.20. The molecule has 2 fully saturated rings. The highest BCUT2D eigenvalue weighted by Gasteiger charge is 2.64. The first kappa shape index (κ1) is 10.8. The SMILES string of the molecule is Cc1cc(Br)ccc1C1(O)C2CCCCC21. The van der Waals surface area contributed by atoms with Gasteiger partial charge >= 0.3 is 0 Å². The lowest BCUT2D eigenvalue weighted by molar-refractivity contribution is 0.117. The van der Waals surface area contributed by atoms with Crippen LogP contribution in [-0.4, -0.2) is 5.11 Å². The molecule has 0 amide bonds. The van der Waals surface area contributed by atoms with E-state index in [1.54, 1.807) is 0 Å². The Hall–Kier alpha value is -0.340. The number of benzene rings is 1. The lowest BCUT2D eigenvalue weighted by Crippen LogP contribution is -2.12. The summed E-state index contributed by atoms with van der Waals surface area (Å²) in [5.74, 6) is 1.06. The molecular weight excluding hydrogens is 264 g/mol. The highest BCUT2D eigenvalue weighted by Crippen LogP contribution is 2.64. The van der Waals surface area contributed by atoms with E-state index in [1.807, 2.05) is 6.07 Å². The molecular formula is C14H17BrO. The molecule has 3 rings (SSSR count). The van der Waals surface area contributed by atoms with Gasteiger partial charge in [-0.1, -0.05) is 34.8 Å². The maximum absolute atomic E-state index is 10.8. The third kappa shape index (κ3) is 1.39. The first-order chi connectivity index (χ1) is 7.64. The number of hydrogen-bond acceptors (Lipinski definition) is 1. The Morgan fingerprint density at radius 2 is 1.88 bits per heavy atom. The van der Waals surface area contributed by atoms with Crippen LogP contribution in [-0.2, 0) is 5.60 Å². The molecule has 2 heteroatoms. The van der Waals surface area contributed by atoms with Crippen LogP contribution in [0.4, 0.5) is 0 Å². The maximum atomic E-state index is 10.8. The van der Waals surface area contributed by atoms with Crippen LogP contribution >= 0.6 is 15.9 Å². The Kier molecular flexibility index (Phi) is 2.41. The molecule has 0 aromatic heterocycles. The molecule has 2 aliphatic rings. The van der Waals surface area contributed by atoms with Crippen LogP contribution in [0.3, 0.4) is 0 Å². The number of hydrogen-bond donors (Lipinski definition) is 1. The third-order valence-electron chi connectivity index (χ3n) is 4.41. The van der Waals surface area contributed by atoms with Gasteiger partial charge in [-0.05, 0) is 54.9 Å².